The Kier molecular flexibility index (Phi) is 4.46. The standard InChI is InChI=1S/C14H21BrN2/c1-11-10-13(4-5-14(11)15)17-9-3-7-16-8-6-12(17)2/h4-5,10,12,16H,3,6-9H2,1-2H3. The van der Waals surface area contributed by atoms with Gasteiger partial charge in [-0.25, -0.2) is 0 Å². The molecule has 2 rings (SSSR count). The summed E-state index contributed by atoms with van der Waals surface area (Å²) in [5.41, 5.74) is 2.68. The second-order valence-corrected chi connectivity index (χ2v) is 5.72. The van der Waals surface area contributed by atoms with Crippen LogP contribution in [0.25, 0.3) is 0 Å². The van der Waals surface area contributed by atoms with Crippen molar-refractivity contribution in [3.8, 4) is 0 Å². The van der Waals surface area contributed by atoms with Crippen LogP contribution in [0, 0.1) is 6.92 Å². The molecule has 94 valence electrons. The Labute approximate surface area is 113 Å². The highest BCUT2D eigenvalue weighted by Gasteiger charge is 2.16. The number of aryl methyl sites for hydroxylation is 1. The molecule has 0 aliphatic carbocycles. The van der Waals surface area contributed by atoms with E-state index >= 15 is 0 Å². The minimum Gasteiger partial charge on any atom is -0.369 e. The van der Waals surface area contributed by atoms with Gasteiger partial charge < -0.3 is 10.2 Å². The topological polar surface area (TPSA) is 15.3 Å². The van der Waals surface area contributed by atoms with Gasteiger partial charge in [0.25, 0.3) is 0 Å². The second kappa shape index (κ2) is 5.87. The highest BCUT2D eigenvalue weighted by Crippen LogP contribution is 2.25. The van der Waals surface area contributed by atoms with Gasteiger partial charge in [-0.1, -0.05) is 15.9 Å². The predicted octanol–water partition coefficient (Wildman–Crippen LogP) is 3.34. The molecule has 0 amide bonds. The van der Waals surface area contributed by atoms with Crippen LogP contribution in [0.1, 0.15) is 25.3 Å². The van der Waals surface area contributed by atoms with Gasteiger partial charge in [-0.3, -0.25) is 0 Å². The number of anilines is 1. The van der Waals surface area contributed by atoms with Gasteiger partial charge in [-0.15, -0.1) is 0 Å². The lowest BCUT2D eigenvalue weighted by Crippen LogP contribution is -2.40. The molecule has 1 unspecified atom stereocenters. The molecule has 1 N–H and O–H groups in total. The van der Waals surface area contributed by atoms with Crippen molar-refractivity contribution >= 4 is 21.6 Å². The van der Waals surface area contributed by atoms with Crippen molar-refractivity contribution < 1.29 is 0 Å². The Morgan fingerprint density at radius 2 is 2.18 bits per heavy atom. The van der Waals surface area contributed by atoms with E-state index in [4.69, 9.17) is 0 Å². The Morgan fingerprint density at radius 3 is 2.94 bits per heavy atom. The zero-order valence-electron chi connectivity index (χ0n) is 10.7. The monoisotopic (exact) mass is 296 g/mol. The van der Waals surface area contributed by atoms with E-state index in [9.17, 15) is 0 Å². The van der Waals surface area contributed by atoms with Crippen molar-refractivity contribution in [3.05, 3.63) is 28.2 Å². The maximum absolute atomic E-state index is 3.57. The molecular weight excluding hydrogens is 276 g/mol. The molecule has 1 fully saturated rings. The predicted molar refractivity (Wildman–Crippen MR) is 77.8 cm³/mol. The number of hydrogen-bond acceptors (Lipinski definition) is 2. The van der Waals surface area contributed by atoms with Crippen LogP contribution >= 0.6 is 15.9 Å². The third-order valence-electron chi connectivity index (χ3n) is 3.50. The summed E-state index contributed by atoms with van der Waals surface area (Å²) in [7, 11) is 0. The van der Waals surface area contributed by atoms with E-state index in [2.05, 4.69) is 58.2 Å². The summed E-state index contributed by atoms with van der Waals surface area (Å²) in [4.78, 5) is 2.54. The van der Waals surface area contributed by atoms with Gasteiger partial charge in [0.2, 0.25) is 0 Å². The number of hydrogen-bond donors (Lipinski definition) is 1. The van der Waals surface area contributed by atoms with E-state index < -0.39 is 0 Å². The Balaban J connectivity index is 2.19. The minimum absolute atomic E-state index is 0.614. The summed E-state index contributed by atoms with van der Waals surface area (Å²) in [5, 5.41) is 3.48. The van der Waals surface area contributed by atoms with Crippen molar-refractivity contribution in [3.63, 3.8) is 0 Å². The van der Waals surface area contributed by atoms with Gasteiger partial charge in [0.1, 0.15) is 0 Å². The molecule has 0 spiro atoms. The minimum atomic E-state index is 0.614. The van der Waals surface area contributed by atoms with E-state index in [1.54, 1.807) is 0 Å². The van der Waals surface area contributed by atoms with E-state index in [-0.39, 0.29) is 0 Å². The lowest BCUT2D eigenvalue weighted by molar-refractivity contribution is 0.499. The number of halogens is 1. The van der Waals surface area contributed by atoms with Crippen LogP contribution < -0.4 is 10.2 Å². The fourth-order valence-corrected chi connectivity index (χ4v) is 2.62. The van der Waals surface area contributed by atoms with Crippen LogP contribution in [0.3, 0.4) is 0 Å². The average molecular weight is 297 g/mol. The second-order valence-electron chi connectivity index (χ2n) is 4.87. The third-order valence-corrected chi connectivity index (χ3v) is 4.39. The van der Waals surface area contributed by atoms with Gasteiger partial charge in [0, 0.05) is 22.7 Å². The number of nitrogens with one attached hydrogen (secondary N) is 1. The SMILES string of the molecule is Cc1cc(N2CCCNCCC2C)ccc1Br. The molecule has 1 heterocycles. The van der Waals surface area contributed by atoms with Crippen molar-refractivity contribution in [2.24, 2.45) is 0 Å². The number of rotatable bonds is 1. The number of benzene rings is 1. The van der Waals surface area contributed by atoms with Crippen molar-refractivity contribution in [2.45, 2.75) is 32.7 Å². The highest BCUT2D eigenvalue weighted by molar-refractivity contribution is 9.10. The quantitative estimate of drug-likeness (QED) is 0.855. The number of nitrogens with zero attached hydrogens (tertiary/aromatic N) is 1. The van der Waals surface area contributed by atoms with E-state index in [0.717, 1.165) is 19.6 Å². The molecule has 0 saturated carbocycles. The van der Waals surface area contributed by atoms with E-state index in [0.29, 0.717) is 6.04 Å². The zero-order chi connectivity index (χ0) is 12.3. The summed E-state index contributed by atoms with van der Waals surface area (Å²) in [6.45, 7) is 7.90. The van der Waals surface area contributed by atoms with Crippen LogP contribution in [-0.4, -0.2) is 25.7 Å². The molecule has 1 aliphatic rings. The Hall–Kier alpha value is -0.540. The fraction of sp³-hybridized carbons (Fsp3) is 0.571. The molecule has 1 saturated heterocycles. The van der Waals surface area contributed by atoms with Gasteiger partial charge in [0.15, 0.2) is 0 Å². The van der Waals surface area contributed by atoms with Crippen molar-refractivity contribution in [1.82, 2.24) is 5.32 Å². The Morgan fingerprint density at radius 1 is 1.35 bits per heavy atom. The normalized spacial score (nSPS) is 22.1. The molecule has 0 aromatic heterocycles. The van der Waals surface area contributed by atoms with Gasteiger partial charge in [0.05, 0.1) is 0 Å². The molecule has 0 bridgehead atoms. The molecule has 17 heavy (non-hydrogen) atoms. The van der Waals surface area contributed by atoms with E-state index in [1.165, 1.54) is 28.6 Å². The molecule has 0 radical (unpaired) electrons. The largest absolute Gasteiger partial charge is 0.369 e. The lowest BCUT2D eigenvalue weighted by Gasteiger charge is -2.33. The molecule has 1 aromatic rings. The molecule has 1 atom stereocenters. The van der Waals surface area contributed by atoms with E-state index in [1.807, 2.05) is 0 Å². The van der Waals surface area contributed by atoms with Crippen molar-refractivity contribution in [1.29, 1.82) is 0 Å². The maximum atomic E-state index is 3.57. The third kappa shape index (κ3) is 3.23. The first-order valence-electron chi connectivity index (χ1n) is 6.42. The summed E-state index contributed by atoms with van der Waals surface area (Å²) in [6, 6.07) is 7.29. The maximum Gasteiger partial charge on any atom is 0.0372 e. The molecular formula is C14H21BrN2. The molecule has 1 aliphatic heterocycles. The van der Waals surface area contributed by atoms with Gasteiger partial charge in [-0.05, 0) is 63.5 Å². The molecule has 1 aromatic carbocycles. The summed E-state index contributed by atoms with van der Waals surface area (Å²) < 4.78 is 1.20. The van der Waals surface area contributed by atoms with Crippen LogP contribution in [0.2, 0.25) is 0 Å². The first-order chi connectivity index (χ1) is 8.18. The lowest BCUT2D eigenvalue weighted by atomic mass is 10.1. The highest BCUT2D eigenvalue weighted by atomic mass is 79.9. The molecule has 3 heteroatoms. The summed E-state index contributed by atoms with van der Waals surface area (Å²) in [6.07, 6.45) is 2.44. The van der Waals surface area contributed by atoms with Gasteiger partial charge in [-0.2, -0.15) is 0 Å². The first kappa shape index (κ1) is 12.9. The zero-order valence-corrected chi connectivity index (χ0v) is 12.3. The molecule has 2 nitrogen and oxygen atoms in total. The van der Waals surface area contributed by atoms with Crippen LogP contribution in [0.15, 0.2) is 22.7 Å². The average Bonchev–Trinajstić information content (AvgIpc) is 2.28. The summed E-state index contributed by atoms with van der Waals surface area (Å²) >= 11 is 3.57. The van der Waals surface area contributed by atoms with Crippen molar-refractivity contribution in [2.75, 3.05) is 24.5 Å². The van der Waals surface area contributed by atoms with Crippen LogP contribution in [0.5, 0.6) is 0 Å². The smallest absolute Gasteiger partial charge is 0.0372 e. The Bertz CT molecular complexity index is 378. The van der Waals surface area contributed by atoms with Gasteiger partial charge >= 0.3 is 0 Å². The first-order valence-corrected chi connectivity index (χ1v) is 7.21. The fourth-order valence-electron chi connectivity index (χ4n) is 2.38. The summed E-state index contributed by atoms with van der Waals surface area (Å²) in [5.74, 6) is 0. The van der Waals surface area contributed by atoms with Crippen LogP contribution in [-0.2, 0) is 0 Å². The van der Waals surface area contributed by atoms with Crippen LogP contribution in [0.4, 0.5) is 5.69 Å².